The fourth-order valence-electron chi connectivity index (χ4n) is 2.92. The van der Waals surface area contributed by atoms with Crippen molar-refractivity contribution < 1.29 is 23.1 Å². The molecule has 0 bridgehead atoms. The third-order valence-corrected chi connectivity index (χ3v) is 5.51. The third-order valence-electron chi connectivity index (χ3n) is 4.04. The molecule has 1 saturated heterocycles. The standard InChI is InChI=1S/C18H15F2NO3S/c1-24-17(23)18(25-14-8-7-12(19)9-13(14)20)10-15(22)21-16(18)11-5-3-2-4-6-11/h2-9,16H,10H2,1H3,(H,21,22). The predicted molar refractivity (Wildman–Crippen MR) is 88.9 cm³/mol. The first-order valence-corrected chi connectivity index (χ1v) is 8.35. The minimum Gasteiger partial charge on any atom is -0.468 e. The summed E-state index contributed by atoms with van der Waals surface area (Å²) in [7, 11) is 1.22. The first-order valence-electron chi connectivity index (χ1n) is 7.53. The van der Waals surface area contributed by atoms with Gasteiger partial charge < -0.3 is 10.1 Å². The number of ether oxygens (including phenoxy) is 1. The molecule has 0 aliphatic carbocycles. The number of methoxy groups -OCH3 is 1. The minimum absolute atomic E-state index is 0.0734. The lowest BCUT2D eigenvalue weighted by Crippen LogP contribution is -2.41. The summed E-state index contributed by atoms with van der Waals surface area (Å²) in [4.78, 5) is 24.8. The summed E-state index contributed by atoms with van der Waals surface area (Å²) in [5.41, 5.74) is 0.703. The molecule has 1 amide bonds. The van der Waals surface area contributed by atoms with E-state index < -0.39 is 28.4 Å². The Balaban J connectivity index is 2.08. The molecule has 2 aromatic rings. The number of rotatable bonds is 4. The van der Waals surface area contributed by atoms with Gasteiger partial charge in [0.25, 0.3) is 0 Å². The summed E-state index contributed by atoms with van der Waals surface area (Å²) in [6.07, 6.45) is -0.166. The first kappa shape index (κ1) is 17.4. The number of esters is 1. The molecule has 130 valence electrons. The molecule has 1 N–H and O–H groups in total. The van der Waals surface area contributed by atoms with Gasteiger partial charge >= 0.3 is 5.97 Å². The summed E-state index contributed by atoms with van der Waals surface area (Å²) in [6.45, 7) is 0. The molecule has 0 radical (unpaired) electrons. The molecule has 25 heavy (non-hydrogen) atoms. The van der Waals surface area contributed by atoms with Gasteiger partial charge in [0, 0.05) is 11.0 Å². The lowest BCUT2D eigenvalue weighted by atomic mass is 9.93. The van der Waals surface area contributed by atoms with Crippen molar-refractivity contribution in [2.45, 2.75) is 22.1 Å². The zero-order valence-corrected chi connectivity index (χ0v) is 14.1. The van der Waals surface area contributed by atoms with Crippen LogP contribution in [0.1, 0.15) is 18.0 Å². The number of carbonyl (C=O) groups is 2. The van der Waals surface area contributed by atoms with E-state index in [2.05, 4.69) is 5.32 Å². The fraction of sp³-hybridized carbons (Fsp3) is 0.222. The van der Waals surface area contributed by atoms with Gasteiger partial charge in [-0.2, -0.15) is 0 Å². The second kappa shape index (κ2) is 6.84. The SMILES string of the molecule is COC(=O)C1(Sc2ccc(F)cc2F)CC(=O)NC1c1ccccc1. The average Bonchev–Trinajstić information content (AvgIpc) is 2.95. The molecular formula is C18H15F2NO3S. The van der Waals surface area contributed by atoms with E-state index in [0.29, 0.717) is 5.56 Å². The smallest absolute Gasteiger partial charge is 0.325 e. The monoisotopic (exact) mass is 363 g/mol. The largest absolute Gasteiger partial charge is 0.468 e. The molecule has 0 saturated carbocycles. The van der Waals surface area contributed by atoms with Crippen LogP contribution in [-0.4, -0.2) is 23.7 Å². The number of benzene rings is 2. The highest BCUT2D eigenvalue weighted by Gasteiger charge is 2.55. The first-order chi connectivity index (χ1) is 12.0. The number of nitrogens with one attached hydrogen (secondary N) is 1. The van der Waals surface area contributed by atoms with Crippen molar-refractivity contribution in [1.29, 1.82) is 0 Å². The van der Waals surface area contributed by atoms with Gasteiger partial charge in [0.15, 0.2) is 4.75 Å². The van der Waals surface area contributed by atoms with E-state index >= 15 is 0 Å². The van der Waals surface area contributed by atoms with Crippen molar-refractivity contribution in [2.24, 2.45) is 0 Å². The highest BCUT2D eigenvalue weighted by molar-refractivity contribution is 8.01. The Kier molecular flexibility index (Phi) is 4.76. The molecule has 2 aromatic carbocycles. The molecule has 3 rings (SSSR count). The number of hydrogen-bond acceptors (Lipinski definition) is 4. The molecule has 1 aliphatic rings. The van der Waals surface area contributed by atoms with E-state index in [0.717, 1.165) is 23.9 Å². The van der Waals surface area contributed by atoms with Gasteiger partial charge in [0.2, 0.25) is 5.91 Å². The van der Waals surface area contributed by atoms with Crippen molar-refractivity contribution in [3.05, 3.63) is 65.7 Å². The number of halogens is 2. The maximum atomic E-state index is 14.1. The van der Waals surface area contributed by atoms with Crippen LogP contribution < -0.4 is 5.32 Å². The Hall–Kier alpha value is -2.41. The Morgan fingerprint density at radius 2 is 1.96 bits per heavy atom. The van der Waals surface area contributed by atoms with Gasteiger partial charge in [-0.05, 0) is 17.7 Å². The lowest BCUT2D eigenvalue weighted by molar-refractivity contribution is -0.144. The van der Waals surface area contributed by atoms with Crippen molar-refractivity contribution in [2.75, 3.05) is 7.11 Å². The van der Waals surface area contributed by atoms with Crippen LogP contribution in [0.2, 0.25) is 0 Å². The van der Waals surface area contributed by atoms with Gasteiger partial charge in [0.05, 0.1) is 19.6 Å². The minimum atomic E-state index is -1.38. The number of thioether (sulfide) groups is 1. The molecule has 0 spiro atoms. The Morgan fingerprint density at radius 1 is 1.24 bits per heavy atom. The maximum absolute atomic E-state index is 14.1. The molecule has 2 atom stereocenters. The normalized spacial score (nSPS) is 22.5. The Labute approximate surface area is 147 Å². The topological polar surface area (TPSA) is 55.4 Å². The molecule has 1 aliphatic heterocycles. The zero-order valence-electron chi connectivity index (χ0n) is 13.3. The summed E-state index contributed by atoms with van der Waals surface area (Å²) in [5, 5.41) is 2.77. The van der Waals surface area contributed by atoms with Crippen LogP contribution >= 0.6 is 11.8 Å². The van der Waals surface area contributed by atoms with Crippen LogP contribution in [0.3, 0.4) is 0 Å². The summed E-state index contributed by atoms with van der Waals surface area (Å²) >= 11 is 0.874. The van der Waals surface area contributed by atoms with Crippen molar-refractivity contribution >= 4 is 23.6 Å². The van der Waals surface area contributed by atoms with E-state index in [1.54, 1.807) is 24.3 Å². The van der Waals surface area contributed by atoms with Crippen LogP contribution in [0.4, 0.5) is 8.78 Å². The summed E-state index contributed by atoms with van der Waals surface area (Å²) < 4.78 is 30.9. The third kappa shape index (κ3) is 3.24. The number of hydrogen-bond donors (Lipinski definition) is 1. The van der Waals surface area contributed by atoms with Crippen LogP contribution in [0.5, 0.6) is 0 Å². The summed E-state index contributed by atoms with van der Waals surface area (Å²) in [6, 6.07) is 11.3. The molecule has 1 fully saturated rings. The zero-order chi connectivity index (χ0) is 18.0. The average molecular weight is 363 g/mol. The van der Waals surface area contributed by atoms with Crippen molar-refractivity contribution in [3.63, 3.8) is 0 Å². The van der Waals surface area contributed by atoms with Crippen LogP contribution in [0.15, 0.2) is 53.4 Å². The Bertz CT molecular complexity index is 815. The van der Waals surface area contributed by atoms with Gasteiger partial charge in [-0.25, -0.2) is 8.78 Å². The van der Waals surface area contributed by atoms with Crippen LogP contribution in [0, 0.1) is 11.6 Å². The van der Waals surface area contributed by atoms with E-state index in [-0.39, 0.29) is 17.2 Å². The maximum Gasteiger partial charge on any atom is 0.325 e. The number of carbonyl (C=O) groups excluding carboxylic acids is 2. The van der Waals surface area contributed by atoms with Crippen LogP contribution in [0.25, 0.3) is 0 Å². The van der Waals surface area contributed by atoms with Gasteiger partial charge in [0.1, 0.15) is 11.6 Å². The molecular weight excluding hydrogens is 348 g/mol. The molecule has 7 heteroatoms. The molecule has 1 heterocycles. The molecule has 4 nitrogen and oxygen atoms in total. The quantitative estimate of drug-likeness (QED) is 0.848. The van der Waals surface area contributed by atoms with Gasteiger partial charge in [-0.15, -0.1) is 11.8 Å². The lowest BCUT2D eigenvalue weighted by Gasteiger charge is -2.31. The molecule has 2 unspecified atom stereocenters. The number of amides is 1. The highest BCUT2D eigenvalue weighted by Crippen LogP contribution is 2.49. The van der Waals surface area contributed by atoms with E-state index in [1.165, 1.54) is 13.2 Å². The molecule has 0 aromatic heterocycles. The van der Waals surface area contributed by atoms with E-state index in [1.807, 2.05) is 6.07 Å². The second-order valence-electron chi connectivity index (χ2n) is 5.65. The Morgan fingerprint density at radius 3 is 2.60 bits per heavy atom. The summed E-state index contributed by atoms with van der Waals surface area (Å²) in [5.74, 6) is -2.49. The van der Waals surface area contributed by atoms with Crippen LogP contribution in [-0.2, 0) is 14.3 Å². The van der Waals surface area contributed by atoms with Crippen molar-refractivity contribution in [1.82, 2.24) is 5.32 Å². The van der Waals surface area contributed by atoms with Crippen molar-refractivity contribution in [3.8, 4) is 0 Å². The van der Waals surface area contributed by atoms with Gasteiger partial charge in [-0.1, -0.05) is 30.3 Å². The predicted octanol–water partition coefficient (Wildman–Crippen LogP) is 3.23. The highest BCUT2D eigenvalue weighted by atomic mass is 32.2. The second-order valence-corrected chi connectivity index (χ2v) is 7.02. The van der Waals surface area contributed by atoms with E-state index in [9.17, 15) is 18.4 Å². The van der Waals surface area contributed by atoms with Gasteiger partial charge in [-0.3, -0.25) is 9.59 Å². The fourth-order valence-corrected chi connectivity index (χ4v) is 4.29. The van der Waals surface area contributed by atoms with E-state index in [4.69, 9.17) is 4.74 Å².